The number of halogens is 1. The average Bonchev–Trinajstić information content (AvgIpc) is 2.76. The van der Waals surface area contributed by atoms with Crippen LogP contribution in [0.3, 0.4) is 0 Å². The van der Waals surface area contributed by atoms with Crippen molar-refractivity contribution in [2.24, 2.45) is 0 Å². The van der Waals surface area contributed by atoms with E-state index in [9.17, 15) is 8.42 Å². The van der Waals surface area contributed by atoms with Gasteiger partial charge in [-0.25, -0.2) is 8.42 Å². The second-order valence-corrected chi connectivity index (χ2v) is 8.78. The maximum Gasteiger partial charge on any atom is 0.262 e. The largest absolute Gasteiger partial charge is 0.492 e. The number of fused-ring (bicyclic) bond motifs is 1. The van der Waals surface area contributed by atoms with Gasteiger partial charge in [-0.3, -0.25) is 9.71 Å². The highest BCUT2D eigenvalue weighted by Gasteiger charge is 2.17. The minimum absolute atomic E-state index is 0. The predicted octanol–water partition coefficient (Wildman–Crippen LogP) is 5.26. The Labute approximate surface area is 194 Å². The van der Waals surface area contributed by atoms with Gasteiger partial charge in [0.15, 0.2) is 0 Å². The van der Waals surface area contributed by atoms with Gasteiger partial charge in [-0.15, -0.1) is 12.4 Å². The topological polar surface area (TPSA) is 80.3 Å². The van der Waals surface area contributed by atoms with Crippen LogP contribution < -0.4 is 14.8 Å². The monoisotopic (exact) mass is 469 g/mol. The van der Waals surface area contributed by atoms with Gasteiger partial charge in [-0.2, -0.15) is 0 Å². The number of nitrogens with one attached hydrogen (secondary N) is 2. The van der Waals surface area contributed by atoms with Crippen LogP contribution in [-0.2, 0) is 10.0 Å². The lowest BCUT2D eigenvalue weighted by atomic mass is 10.1. The van der Waals surface area contributed by atoms with Crippen LogP contribution in [0.1, 0.15) is 5.56 Å². The van der Waals surface area contributed by atoms with E-state index in [1.807, 2.05) is 55.5 Å². The normalized spacial score (nSPS) is 10.9. The van der Waals surface area contributed by atoms with Crippen LogP contribution in [0.5, 0.6) is 5.75 Å². The lowest BCUT2D eigenvalue weighted by molar-refractivity contribution is 0.333. The molecule has 0 radical (unpaired) electrons. The fourth-order valence-electron chi connectivity index (χ4n) is 3.36. The number of aromatic nitrogens is 1. The fourth-order valence-corrected chi connectivity index (χ4v) is 4.64. The number of ether oxygens (including phenoxy) is 1. The second kappa shape index (κ2) is 10.3. The summed E-state index contributed by atoms with van der Waals surface area (Å²) in [5.74, 6) is 0.604. The number of anilines is 2. The zero-order valence-corrected chi connectivity index (χ0v) is 19.1. The summed E-state index contributed by atoms with van der Waals surface area (Å²) in [5.41, 5.74) is 2.33. The van der Waals surface area contributed by atoms with Gasteiger partial charge in [0.05, 0.1) is 10.6 Å². The molecule has 166 valence electrons. The molecule has 0 amide bonds. The first-order chi connectivity index (χ1) is 15.0. The van der Waals surface area contributed by atoms with Crippen LogP contribution in [0.4, 0.5) is 11.4 Å². The Morgan fingerprint density at radius 3 is 2.47 bits per heavy atom. The van der Waals surface area contributed by atoms with E-state index in [0.717, 1.165) is 16.6 Å². The number of nitrogens with zero attached hydrogens (tertiary/aromatic N) is 1. The molecule has 0 atom stereocenters. The number of benzene rings is 3. The molecule has 0 aliphatic rings. The number of sulfonamides is 1. The average molecular weight is 470 g/mol. The van der Waals surface area contributed by atoms with Crippen molar-refractivity contribution >= 4 is 44.6 Å². The van der Waals surface area contributed by atoms with Crippen molar-refractivity contribution in [1.29, 1.82) is 0 Å². The molecule has 6 nitrogen and oxygen atoms in total. The SMILES string of the molecule is Cc1cc(NS(=O)(=O)c2cccc3ccccc23)cc(OCCNc2ccncc2)c1.Cl. The maximum absolute atomic E-state index is 13.1. The number of hydrogen-bond donors (Lipinski definition) is 2. The van der Waals surface area contributed by atoms with E-state index in [1.54, 1.807) is 36.7 Å². The van der Waals surface area contributed by atoms with Crippen molar-refractivity contribution in [3.05, 3.63) is 90.8 Å². The van der Waals surface area contributed by atoms with Gasteiger partial charge in [-0.05, 0) is 48.2 Å². The predicted molar refractivity (Wildman–Crippen MR) is 131 cm³/mol. The maximum atomic E-state index is 13.1. The molecule has 0 unspecified atom stereocenters. The van der Waals surface area contributed by atoms with E-state index >= 15 is 0 Å². The lowest BCUT2D eigenvalue weighted by Crippen LogP contribution is -2.14. The fraction of sp³-hybridized carbons (Fsp3) is 0.125. The highest BCUT2D eigenvalue weighted by atomic mass is 35.5. The first-order valence-corrected chi connectivity index (χ1v) is 11.4. The van der Waals surface area contributed by atoms with Gasteiger partial charge < -0.3 is 10.1 Å². The molecule has 0 aliphatic heterocycles. The number of hydrogen-bond acceptors (Lipinski definition) is 5. The molecule has 8 heteroatoms. The highest BCUT2D eigenvalue weighted by molar-refractivity contribution is 7.93. The molecule has 0 spiro atoms. The van der Waals surface area contributed by atoms with E-state index in [2.05, 4.69) is 15.0 Å². The van der Waals surface area contributed by atoms with Crippen LogP contribution in [-0.4, -0.2) is 26.6 Å². The van der Waals surface area contributed by atoms with Crippen molar-refractivity contribution in [3.63, 3.8) is 0 Å². The summed E-state index contributed by atoms with van der Waals surface area (Å²) in [5, 5.41) is 4.80. The third kappa shape index (κ3) is 5.69. The summed E-state index contributed by atoms with van der Waals surface area (Å²) >= 11 is 0. The smallest absolute Gasteiger partial charge is 0.262 e. The quantitative estimate of drug-likeness (QED) is 0.344. The summed E-state index contributed by atoms with van der Waals surface area (Å²) in [6.45, 7) is 2.94. The molecular formula is C24H24ClN3O3S. The number of aryl methyl sites for hydroxylation is 1. The highest BCUT2D eigenvalue weighted by Crippen LogP contribution is 2.27. The summed E-state index contributed by atoms with van der Waals surface area (Å²) in [4.78, 5) is 4.23. The third-order valence-electron chi connectivity index (χ3n) is 4.72. The van der Waals surface area contributed by atoms with Gasteiger partial charge in [-0.1, -0.05) is 36.4 Å². The Bertz CT molecular complexity index is 1290. The minimum atomic E-state index is -3.76. The molecule has 0 aliphatic carbocycles. The standard InChI is InChI=1S/C24H23N3O3S.ClH/c1-18-15-21(17-22(16-18)30-14-13-26-20-9-11-25-12-10-20)27-31(28,29)24-8-4-6-19-5-2-3-7-23(19)24;/h2-12,15-17,27H,13-14H2,1H3,(H,25,26);1H. The summed E-state index contributed by atoms with van der Waals surface area (Å²) < 4.78 is 34.7. The first kappa shape index (κ1) is 23.4. The molecule has 4 rings (SSSR count). The van der Waals surface area contributed by atoms with Crippen LogP contribution in [0.2, 0.25) is 0 Å². The minimum Gasteiger partial charge on any atom is -0.492 e. The molecule has 1 heterocycles. The zero-order valence-electron chi connectivity index (χ0n) is 17.5. The molecule has 0 saturated carbocycles. The van der Waals surface area contributed by atoms with E-state index in [4.69, 9.17) is 4.74 Å². The summed E-state index contributed by atoms with van der Waals surface area (Å²) in [7, 11) is -3.76. The molecule has 3 aromatic carbocycles. The van der Waals surface area contributed by atoms with Crippen LogP contribution in [0, 0.1) is 6.92 Å². The molecule has 2 N–H and O–H groups in total. The van der Waals surface area contributed by atoms with Crippen molar-refractivity contribution in [1.82, 2.24) is 4.98 Å². The Morgan fingerprint density at radius 1 is 0.906 bits per heavy atom. The van der Waals surface area contributed by atoms with E-state index < -0.39 is 10.0 Å². The molecule has 1 aromatic heterocycles. The Kier molecular flexibility index (Phi) is 7.56. The van der Waals surface area contributed by atoms with Gasteiger partial charge in [0.2, 0.25) is 0 Å². The Hall–Kier alpha value is -3.29. The summed E-state index contributed by atoms with van der Waals surface area (Å²) in [6.07, 6.45) is 3.44. The van der Waals surface area contributed by atoms with E-state index in [0.29, 0.717) is 30.0 Å². The van der Waals surface area contributed by atoms with Crippen molar-refractivity contribution in [3.8, 4) is 5.75 Å². The van der Waals surface area contributed by atoms with Gasteiger partial charge >= 0.3 is 0 Å². The molecule has 0 fully saturated rings. The van der Waals surface area contributed by atoms with Crippen molar-refractivity contribution < 1.29 is 13.2 Å². The molecule has 0 saturated heterocycles. The lowest BCUT2D eigenvalue weighted by Gasteiger charge is -2.14. The van der Waals surface area contributed by atoms with Gasteiger partial charge in [0, 0.05) is 36.1 Å². The molecular weight excluding hydrogens is 446 g/mol. The van der Waals surface area contributed by atoms with E-state index in [1.165, 1.54) is 0 Å². The van der Waals surface area contributed by atoms with Crippen molar-refractivity contribution in [2.45, 2.75) is 11.8 Å². The van der Waals surface area contributed by atoms with Crippen LogP contribution in [0.25, 0.3) is 10.8 Å². The number of rotatable bonds is 8. The van der Waals surface area contributed by atoms with Crippen LogP contribution in [0.15, 0.2) is 90.1 Å². The van der Waals surface area contributed by atoms with Crippen LogP contribution >= 0.6 is 12.4 Å². The Morgan fingerprint density at radius 2 is 1.66 bits per heavy atom. The van der Waals surface area contributed by atoms with Crippen molar-refractivity contribution in [2.75, 3.05) is 23.2 Å². The molecule has 4 aromatic rings. The first-order valence-electron chi connectivity index (χ1n) is 9.90. The molecule has 0 bridgehead atoms. The molecule has 32 heavy (non-hydrogen) atoms. The van der Waals surface area contributed by atoms with Gasteiger partial charge in [0.25, 0.3) is 10.0 Å². The zero-order chi connectivity index (χ0) is 21.7. The Balaban J connectivity index is 0.00000289. The number of pyridine rings is 1. The summed E-state index contributed by atoms with van der Waals surface area (Å²) in [6, 6.07) is 21.8. The second-order valence-electron chi connectivity index (χ2n) is 7.13. The third-order valence-corrected chi connectivity index (χ3v) is 6.16. The van der Waals surface area contributed by atoms with Gasteiger partial charge in [0.1, 0.15) is 12.4 Å². The van der Waals surface area contributed by atoms with E-state index in [-0.39, 0.29) is 17.3 Å².